The Bertz CT molecular complexity index is 498. The molecule has 0 spiro atoms. The summed E-state index contributed by atoms with van der Waals surface area (Å²) in [7, 11) is 0. The second-order valence-corrected chi connectivity index (χ2v) is 6.28. The average molecular weight is 339 g/mol. The molecule has 1 unspecified atom stereocenters. The monoisotopic (exact) mass is 338 g/mol. The number of hydrogen-bond acceptors (Lipinski definition) is 2. The number of hydrogen-bond donors (Lipinski definition) is 1. The maximum Gasteiger partial charge on any atom is 0.251 e. The molecule has 4 heteroatoms. The zero-order valence-electron chi connectivity index (χ0n) is 14.7. The number of fused-ring (bicyclic) bond motifs is 1. The van der Waals surface area contributed by atoms with E-state index in [-0.39, 0.29) is 18.3 Å². The van der Waals surface area contributed by atoms with Crippen LogP contribution in [0.4, 0.5) is 0 Å². The molecule has 1 aliphatic carbocycles. The Morgan fingerprint density at radius 1 is 1.17 bits per heavy atom. The van der Waals surface area contributed by atoms with E-state index in [4.69, 9.17) is 0 Å². The van der Waals surface area contributed by atoms with E-state index in [2.05, 4.69) is 36.2 Å². The molecular formula is C19H31ClN2O. The van der Waals surface area contributed by atoms with Gasteiger partial charge >= 0.3 is 0 Å². The van der Waals surface area contributed by atoms with Gasteiger partial charge in [0.05, 0.1) is 0 Å². The van der Waals surface area contributed by atoms with Crippen LogP contribution in [0.3, 0.4) is 0 Å². The van der Waals surface area contributed by atoms with E-state index in [1.807, 2.05) is 13.0 Å². The van der Waals surface area contributed by atoms with Gasteiger partial charge in [-0.05, 0) is 75.4 Å². The van der Waals surface area contributed by atoms with Crippen LogP contribution in [0.1, 0.15) is 61.5 Å². The molecule has 3 nitrogen and oxygen atoms in total. The first kappa shape index (κ1) is 20.0. The minimum Gasteiger partial charge on any atom is -0.352 e. The van der Waals surface area contributed by atoms with Crippen LogP contribution >= 0.6 is 12.4 Å². The second-order valence-electron chi connectivity index (χ2n) is 6.28. The summed E-state index contributed by atoms with van der Waals surface area (Å²) in [5.41, 5.74) is 3.60. The lowest BCUT2D eigenvalue weighted by atomic mass is 9.86. The predicted octanol–water partition coefficient (Wildman–Crippen LogP) is 3.84. The van der Waals surface area contributed by atoms with Gasteiger partial charge in [0.15, 0.2) is 0 Å². The van der Waals surface area contributed by atoms with Gasteiger partial charge in [-0.2, -0.15) is 0 Å². The van der Waals surface area contributed by atoms with Crippen LogP contribution < -0.4 is 5.32 Å². The third-order valence-electron chi connectivity index (χ3n) is 4.55. The Hall–Kier alpha value is -1.06. The van der Waals surface area contributed by atoms with Gasteiger partial charge in [-0.3, -0.25) is 4.79 Å². The van der Waals surface area contributed by atoms with Crippen molar-refractivity contribution in [2.24, 2.45) is 0 Å². The van der Waals surface area contributed by atoms with Crippen LogP contribution in [-0.2, 0) is 12.8 Å². The van der Waals surface area contributed by atoms with Crippen molar-refractivity contribution < 1.29 is 4.79 Å². The number of nitrogens with zero attached hydrogens (tertiary/aromatic N) is 1. The predicted molar refractivity (Wildman–Crippen MR) is 99.7 cm³/mol. The second kappa shape index (κ2) is 9.94. The number of carbonyl (C=O) groups is 1. The molecule has 130 valence electrons. The lowest BCUT2D eigenvalue weighted by molar-refractivity contribution is 0.0955. The first-order valence-corrected chi connectivity index (χ1v) is 8.83. The Morgan fingerprint density at radius 2 is 1.87 bits per heavy atom. The van der Waals surface area contributed by atoms with Crippen molar-refractivity contribution in [3.8, 4) is 0 Å². The van der Waals surface area contributed by atoms with E-state index in [0.717, 1.165) is 18.4 Å². The molecular weight excluding hydrogens is 308 g/mol. The minimum atomic E-state index is 0. The van der Waals surface area contributed by atoms with Crippen LogP contribution in [0.2, 0.25) is 0 Å². The first-order valence-electron chi connectivity index (χ1n) is 8.83. The maximum absolute atomic E-state index is 12.0. The summed E-state index contributed by atoms with van der Waals surface area (Å²) in [4.78, 5) is 14.7. The highest BCUT2D eigenvalue weighted by Gasteiger charge is 2.24. The van der Waals surface area contributed by atoms with E-state index in [1.165, 1.54) is 43.5 Å². The fourth-order valence-electron chi connectivity index (χ4n) is 3.50. The third kappa shape index (κ3) is 5.22. The van der Waals surface area contributed by atoms with Crippen molar-refractivity contribution in [3.05, 3.63) is 34.9 Å². The van der Waals surface area contributed by atoms with Crippen LogP contribution in [0.25, 0.3) is 0 Å². The van der Waals surface area contributed by atoms with Gasteiger partial charge in [0.1, 0.15) is 0 Å². The zero-order valence-corrected chi connectivity index (χ0v) is 15.5. The van der Waals surface area contributed by atoms with E-state index in [9.17, 15) is 4.79 Å². The smallest absolute Gasteiger partial charge is 0.251 e. The summed E-state index contributed by atoms with van der Waals surface area (Å²) in [6.45, 7) is 9.52. The number of halogens is 1. The molecule has 1 aromatic rings. The SMILES string of the molecule is CCCN(CCC)C1CCc2ccc(C(=O)NCC)cc2C1.Cl. The highest BCUT2D eigenvalue weighted by Crippen LogP contribution is 2.26. The molecule has 0 bridgehead atoms. The normalized spacial score (nSPS) is 16.6. The van der Waals surface area contributed by atoms with Crippen molar-refractivity contribution in [1.82, 2.24) is 10.2 Å². The Labute approximate surface area is 147 Å². The molecule has 1 aromatic carbocycles. The van der Waals surface area contributed by atoms with E-state index >= 15 is 0 Å². The molecule has 0 saturated carbocycles. The fraction of sp³-hybridized carbons (Fsp3) is 0.632. The summed E-state index contributed by atoms with van der Waals surface area (Å²) in [6.07, 6.45) is 5.89. The molecule has 0 saturated heterocycles. The van der Waals surface area contributed by atoms with E-state index in [0.29, 0.717) is 12.6 Å². The van der Waals surface area contributed by atoms with Gasteiger partial charge in [-0.25, -0.2) is 0 Å². The molecule has 1 N–H and O–H groups in total. The highest BCUT2D eigenvalue weighted by molar-refractivity contribution is 5.94. The van der Waals surface area contributed by atoms with Crippen molar-refractivity contribution in [2.45, 2.75) is 58.9 Å². The summed E-state index contributed by atoms with van der Waals surface area (Å²) >= 11 is 0. The molecule has 0 heterocycles. The van der Waals surface area contributed by atoms with E-state index < -0.39 is 0 Å². The molecule has 2 rings (SSSR count). The number of rotatable bonds is 7. The van der Waals surface area contributed by atoms with Crippen LogP contribution in [0.5, 0.6) is 0 Å². The van der Waals surface area contributed by atoms with Gasteiger partial charge < -0.3 is 10.2 Å². The quantitative estimate of drug-likeness (QED) is 0.819. The molecule has 0 aromatic heterocycles. The molecule has 0 fully saturated rings. The third-order valence-corrected chi connectivity index (χ3v) is 4.55. The van der Waals surface area contributed by atoms with Crippen molar-refractivity contribution in [1.29, 1.82) is 0 Å². The number of amides is 1. The Balaban J connectivity index is 0.00000264. The fourth-order valence-corrected chi connectivity index (χ4v) is 3.50. The summed E-state index contributed by atoms with van der Waals surface area (Å²) in [5.74, 6) is 0.0476. The van der Waals surface area contributed by atoms with Gasteiger partial charge in [0, 0.05) is 18.2 Å². The van der Waals surface area contributed by atoms with Crippen LogP contribution in [-0.4, -0.2) is 36.5 Å². The minimum absolute atomic E-state index is 0. The topological polar surface area (TPSA) is 32.3 Å². The van der Waals surface area contributed by atoms with E-state index in [1.54, 1.807) is 0 Å². The molecule has 23 heavy (non-hydrogen) atoms. The Kier molecular flexibility index (Phi) is 8.64. The number of carbonyl (C=O) groups excluding carboxylic acids is 1. The molecule has 1 amide bonds. The molecule has 0 aliphatic heterocycles. The van der Waals surface area contributed by atoms with Gasteiger partial charge in [0.25, 0.3) is 5.91 Å². The highest BCUT2D eigenvalue weighted by atomic mass is 35.5. The van der Waals surface area contributed by atoms with Gasteiger partial charge in [0.2, 0.25) is 0 Å². The summed E-state index contributed by atoms with van der Waals surface area (Å²) in [5, 5.41) is 2.89. The number of nitrogens with one attached hydrogen (secondary N) is 1. The Morgan fingerprint density at radius 3 is 2.48 bits per heavy atom. The van der Waals surface area contributed by atoms with Crippen molar-refractivity contribution >= 4 is 18.3 Å². The van der Waals surface area contributed by atoms with Gasteiger partial charge in [-0.1, -0.05) is 19.9 Å². The van der Waals surface area contributed by atoms with Crippen LogP contribution in [0, 0.1) is 0 Å². The first-order chi connectivity index (χ1) is 10.7. The number of aryl methyl sites for hydroxylation is 1. The molecule has 0 radical (unpaired) electrons. The summed E-state index contributed by atoms with van der Waals surface area (Å²) in [6, 6.07) is 6.87. The number of benzene rings is 1. The van der Waals surface area contributed by atoms with Crippen molar-refractivity contribution in [3.63, 3.8) is 0 Å². The van der Waals surface area contributed by atoms with Crippen molar-refractivity contribution in [2.75, 3.05) is 19.6 Å². The van der Waals surface area contributed by atoms with Gasteiger partial charge in [-0.15, -0.1) is 12.4 Å². The molecule has 1 aliphatic rings. The van der Waals surface area contributed by atoms with Crippen LogP contribution in [0.15, 0.2) is 18.2 Å². The molecule has 1 atom stereocenters. The maximum atomic E-state index is 12.0. The lowest BCUT2D eigenvalue weighted by Crippen LogP contribution is -2.40. The largest absolute Gasteiger partial charge is 0.352 e. The zero-order chi connectivity index (χ0) is 15.9. The summed E-state index contributed by atoms with van der Waals surface area (Å²) < 4.78 is 0. The standard InChI is InChI=1S/C19H30N2O.ClH/c1-4-11-21(12-5-2)18-10-9-15-7-8-16(13-17(15)14-18)19(22)20-6-3;/h7-8,13,18H,4-6,9-12,14H2,1-3H3,(H,20,22);1H. The average Bonchev–Trinajstić information content (AvgIpc) is 2.54. The lowest BCUT2D eigenvalue weighted by Gasteiger charge is -2.35.